The molecule has 0 heterocycles. The molecule has 0 aliphatic rings. The molecule has 56 heavy (non-hydrogen) atoms. The van der Waals surface area contributed by atoms with Gasteiger partial charge in [-0.2, -0.15) is 0 Å². The van der Waals surface area contributed by atoms with Gasteiger partial charge in [-0.05, 0) is 77.0 Å². The first-order valence-corrected chi connectivity index (χ1v) is 24.1. The number of aliphatic hydroxyl groups is 3. The molecular formula is C51H93NO4. The minimum atomic E-state index is -0.963. The maximum absolute atomic E-state index is 12.5. The van der Waals surface area contributed by atoms with Gasteiger partial charge in [-0.15, -0.1) is 0 Å². The third kappa shape index (κ3) is 41.7. The predicted octanol–water partition coefficient (Wildman–Crippen LogP) is 14.3. The maximum atomic E-state index is 12.5. The highest BCUT2D eigenvalue weighted by atomic mass is 16.3. The second kappa shape index (κ2) is 45.7. The van der Waals surface area contributed by atoms with Gasteiger partial charge in [-0.1, -0.05) is 209 Å². The summed E-state index contributed by atoms with van der Waals surface area (Å²) in [6.45, 7) is 4.19. The minimum Gasteiger partial charge on any atom is -0.394 e. The maximum Gasteiger partial charge on any atom is 0.222 e. The summed E-state index contributed by atoms with van der Waals surface area (Å²) in [5.41, 5.74) is 0. The Kier molecular flexibility index (Phi) is 44.2. The number of carbonyl (C=O) groups excluding carboxylic acids is 1. The molecule has 0 aliphatic carbocycles. The van der Waals surface area contributed by atoms with Crippen molar-refractivity contribution in [3.63, 3.8) is 0 Å². The van der Waals surface area contributed by atoms with E-state index in [0.29, 0.717) is 6.42 Å². The molecule has 5 heteroatoms. The van der Waals surface area contributed by atoms with Crippen LogP contribution in [0.5, 0.6) is 0 Å². The van der Waals surface area contributed by atoms with Gasteiger partial charge in [0, 0.05) is 0 Å². The lowest BCUT2D eigenvalue weighted by Gasteiger charge is -2.21. The summed E-state index contributed by atoms with van der Waals surface area (Å²) >= 11 is 0. The highest BCUT2D eigenvalue weighted by molar-refractivity contribution is 5.76. The lowest BCUT2D eigenvalue weighted by molar-refractivity contribution is -0.124. The molecule has 0 aliphatic heterocycles. The SMILES string of the molecule is CCCCCCCC/C=C/CC/C=C/CC/C=C/C(O)C(CO)NC(=O)CC(O)CCCCCCCCCCC/C=C\C/C=C\CCCCCCCCCCC. The Morgan fingerprint density at radius 2 is 0.821 bits per heavy atom. The van der Waals surface area contributed by atoms with Gasteiger partial charge in [-0.3, -0.25) is 4.79 Å². The monoisotopic (exact) mass is 784 g/mol. The normalized spacial score (nSPS) is 14.0. The quantitative estimate of drug-likeness (QED) is 0.0366. The predicted molar refractivity (Wildman–Crippen MR) is 245 cm³/mol. The van der Waals surface area contributed by atoms with Crippen LogP contribution in [0.25, 0.3) is 0 Å². The van der Waals surface area contributed by atoms with E-state index in [1.54, 1.807) is 6.08 Å². The van der Waals surface area contributed by atoms with Gasteiger partial charge in [-0.25, -0.2) is 0 Å². The van der Waals surface area contributed by atoms with Gasteiger partial charge in [0.1, 0.15) is 0 Å². The van der Waals surface area contributed by atoms with Crippen molar-refractivity contribution in [1.29, 1.82) is 0 Å². The molecule has 0 saturated heterocycles. The van der Waals surface area contributed by atoms with Gasteiger partial charge < -0.3 is 20.6 Å². The summed E-state index contributed by atoms with van der Waals surface area (Å²) in [4.78, 5) is 12.5. The fraction of sp³-hybridized carbons (Fsp3) is 0.784. The Morgan fingerprint density at radius 3 is 1.25 bits per heavy atom. The van der Waals surface area contributed by atoms with E-state index in [9.17, 15) is 20.1 Å². The van der Waals surface area contributed by atoms with Crippen molar-refractivity contribution in [2.45, 2.75) is 250 Å². The first-order chi connectivity index (χ1) is 27.5. The topological polar surface area (TPSA) is 89.8 Å². The Morgan fingerprint density at radius 1 is 0.464 bits per heavy atom. The van der Waals surface area contributed by atoms with Crippen molar-refractivity contribution in [1.82, 2.24) is 5.32 Å². The zero-order valence-corrected chi connectivity index (χ0v) is 37.0. The molecule has 0 radical (unpaired) electrons. The third-order valence-electron chi connectivity index (χ3n) is 10.8. The molecule has 326 valence electrons. The molecule has 0 fully saturated rings. The Hall–Kier alpha value is -1.95. The van der Waals surface area contributed by atoms with Crippen molar-refractivity contribution >= 4 is 5.91 Å². The Balaban J connectivity index is 3.69. The molecule has 0 aromatic heterocycles. The van der Waals surface area contributed by atoms with E-state index in [2.05, 4.69) is 67.8 Å². The number of nitrogens with one attached hydrogen (secondary N) is 1. The van der Waals surface area contributed by atoms with Crippen molar-refractivity contribution < 1.29 is 20.1 Å². The van der Waals surface area contributed by atoms with Crippen LogP contribution in [0.2, 0.25) is 0 Å². The van der Waals surface area contributed by atoms with Gasteiger partial charge >= 0.3 is 0 Å². The smallest absolute Gasteiger partial charge is 0.222 e. The van der Waals surface area contributed by atoms with Crippen molar-refractivity contribution in [3.05, 3.63) is 60.8 Å². The minimum absolute atomic E-state index is 0.00272. The Labute approximate surface area is 348 Å². The first kappa shape index (κ1) is 54.0. The number of hydrogen-bond donors (Lipinski definition) is 4. The zero-order valence-electron chi connectivity index (χ0n) is 37.0. The lowest BCUT2D eigenvalue weighted by Crippen LogP contribution is -2.45. The van der Waals surface area contributed by atoms with Crippen LogP contribution in [0.15, 0.2) is 60.8 Å². The lowest BCUT2D eigenvalue weighted by atomic mass is 10.0. The van der Waals surface area contributed by atoms with Crippen LogP contribution in [0.1, 0.15) is 232 Å². The fourth-order valence-electron chi connectivity index (χ4n) is 7.05. The average Bonchev–Trinajstić information content (AvgIpc) is 3.19. The van der Waals surface area contributed by atoms with Crippen molar-refractivity contribution in [2.75, 3.05) is 6.61 Å². The van der Waals surface area contributed by atoms with Crippen LogP contribution in [0, 0.1) is 0 Å². The number of aliphatic hydroxyl groups excluding tert-OH is 3. The molecule has 0 spiro atoms. The Bertz CT molecular complexity index is 954. The molecular weight excluding hydrogens is 691 g/mol. The summed E-state index contributed by atoms with van der Waals surface area (Å²) in [6, 6.07) is -0.771. The first-order valence-electron chi connectivity index (χ1n) is 24.1. The average molecular weight is 784 g/mol. The second-order valence-electron chi connectivity index (χ2n) is 16.3. The van der Waals surface area contributed by atoms with Crippen LogP contribution in [0.3, 0.4) is 0 Å². The van der Waals surface area contributed by atoms with E-state index < -0.39 is 18.2 Å². The molecule has 1 amide bonds. The summed E-state index contributed by atoms with van der Waals surface area (Å²) in [5, 5.41) is 33.2. The number of amides is 1. The van der Waals surface area contributed by atoms with Gasteiger partial charge in [0.15, 0.2) is 0 Å². The van der Waals surface area contributed by atoms with Crippen LogP contribution < -0.4 is 5.32 Å². The van der Waals surface area contributed by atoms with Gasteiger partial charge in [0.2, 0.25) is 5.91 Å². The van der Waals surface area contributed by atoms with E-state index in [0.717, 1.165) is 44.9 Å². The van der Waals surface area contributed by atoms with E-state index in [1.165, 1.54) is 161 Å². The molecule has 0 saturated carbocycles. The molecule has 0 aromatic rings. The van der Waals surface area contributed by atoms with E-state index in [-0.39, 0.29) is 18.9 Å². The number of carbonyl (C=O) groups is 1. The summed E-state index contributed by atoms with van der Waals surface area (Å²) in [7, 11) is 0. The van der Waals surface area contributed by atoms with E-state index in [1.807, 2.05) is 6.08 Å². The molecule has 3 unspecified atom stereocenters. The summed E-state index contributed by atoms with van der Waals surface area (Å²) in [5.74, 6) is -0.333. The molecule has 0 rings (SSSR count). The molecule has 3 atom stereocenters. The third-order valence-corrected chi connectivity index (χ3v) is 10.8. The van der Waals surface area contributed by atoms with Crippen LogP contribution in [-0.2, 0) is 4.79 Å². The van der Waals surface area contributed by atoms with Crippen LogP contribution >= 0.6 is 0 Å². The molecule has 5 nitrogen and oxygen atoms in total. The van der Waals surface area contributed by atoms with Crippen molar-refractivity contribution in [2.24, 2.45) is 0 Å². The standard InChI is InChI=1S/C51H93NO4/c1-3-5-7-9-11-13-15-17-19-21-22-23-24-25-26-27-28-29-30-32-34-36-38-40-42-44-48(54)46-51(56)52-49(47-53)50(55)45-43-41-39-37-35-33-31-20-18-16-14-12-10-8-6-4-2/h18,20,22-23,25-26,35,37,43,45,48-50,53-55H,3-17,19,21,24,27-34,36,38-42,44,46-47H2,1-2H3,(H,52,56)/b20-18+,23-22-,26-25-,37-35+,45-43+. The number of unbranched alkanes of at least 4 members (excludes halogenated alkanes) is 26. The largest absolute Gasteiger partial charge is 0.394 e. The van der Waals surface area contributed by atoms with Crippen molar-refractivity contribution in [3.8, 4) is 0 Å². The number of hydrogen-bond acceptors (Lipinski definition) is 4. The van der Waals surface area contributed by atoms with Crippen LogP contribution in [-0.4, -0.2) is 46.1 Å². The van der Waals surface area contributed by atoms with Gasteiger partial charge in [0.05, 0.1) is 31.3 Å². The molecule has 0 aromatic carbocycles. The molecule has 0 bridgehead atoms. The fourth-order valence-corrected chi connectivity index (χ4v) is 7.05. The summed E-state index contributed by atoms with van der Waals surface area (Å²) in [6.07, 6.45) is 60.9. The van der Waals surface area contributed by atoms with E-state index in [4.69, 9.17) is 0 Å². The number of rotatable bonds is 43. The van der Waals surface area contributed by atoms with E-state index >= 15 is 0 Å². The highest BCUT2D eigenvalue weighted by Crippen LogP contribution is 2.14. The van der Waals surface area contributed by atoms with Crippen LogP contribution in [0.4, 0.5) is 0 Å². The zero-order chi connectivity index (χ0) is 40.8. The highest BCUT2D eigenvalue weighted by Gasteiger charge is 2.20. The second-order valence-corrected chi connectivity index (χ2v) is 16.3. The molecule has 4 N–H and O–H groups in total. The number of allylic oxidation sites excluding steroid dienone is 9. The summed E-state index contributed by atoms with van der Waals surface area (Å²) < 4.78 is 0. The van der Waals surface area contributed by atoms with Gasteiger partial charge in [0.25, 0.3) is 0 Å².